The molecule has 5 nitrogen and oxygen atoms in total. The highest BCUT2D eigenvalue weighted by atomic mass is 16.1. The van der Waals surface area contributed by atoms with Crippen molar-refractivity contribution in [3.8, 4) is 0 Å². The van der Waals surface area contributed by atoms with Gasteiger partial charge in [0.05, 0.1) is 5.69 Å². The monoisotopic (exact) mass is 284 g/mol. The minimum Gasteiger partial charge on any atom is -0.297 e. The molecular formula is C16H20N4O. The van der Waals surface area contributed by atoms with Gasteiger partial charge in [-0.05, 0) is 38.0 Å². The van der Waals surface area contributed by atoms with Gasteiger partial charge >= 0.3 is 0 Å². The molecule has 0 spiro atoms. The van der Waals surface area contributed by atoms with Crippen LogP contribution >= 0.6 is 0 Å². The number of hydrogen-bond donors (Lipinski definition) is 1. The highest BCUT2D eigenvalue weighted by Crippen LogP contribution is 2.39. The predicted molar refractivity (Wildman–Crippen MR) is 79.5 cm³/mol. The number of rotatable bonds is 3. The average Bonchev–Trinajstić information content (AvgIpc) is 3.39. The van der Waals surface area contributed by atoms with Gasteiger partial charge in [0.1, 0.15) is 0 Å². The summed E-state index contributed by atoms with van der Waals surface area (Å²) in [4.78, 5) is 19.9. The standard InChI is InChI=1S/C16H20N4O/c21-16-12-5-6-19(8-10-1-2-10)9-14(12)17-15-7-13(11-3-4-11)18-20(15)16/h7,10-11,18H,1-6,8-9H2. The molecule has 2 saturated carbocycles. The summed E-state index contributed by atoms with van der Waals surface area (Å²) in [5, 5.41) is 3.26. The molecule has 1 aliphatic heterocycles. The Balaban J connectivity index is 1.55. The lowest BCUT2D eigenvalue weighted by Gasteiger charge is -2.27. The fourth-order valence-corrected chi connectivity index (χ4v) is 3.49. The molecule has 0 bridgehead atoms. The minimum absolute atomic E-state index is 0.118. The quantitative estimate of drug-likeness (QED) is 0.933. The zero-order chi connectivity index (χ0) is 14.0. The maximum absolute atomic E-state index is 12.6. The molecule has 2 aromatic heterocycles. The number of fused-ring (bicyclic) bond motifs is 2. The molecule has 0 aromatic carbocycles. The van der Waals surface area contributed by atoms with Gasteiger partial charge in [0.2, 0.25) is 0 Å². The van der Waals surface area contributed by atoms with Crippen LogP contribution < -0.4 is 5.56 Å². The predicted octanol–water partition coefficient (Wildman–Crippen LogP) is 1.67. The van der Waals surface area contributed by atoms with E-state index in [2.05, 4.69) is 16.1 Å². The van der Waals surface area contributed by atoms with E-state index in [0.29, 0.717) is 5.92 Å². The zero-order valence-electron chi connectivity index (χ0n) is 12.1. The first-order valence-corrected chi connectivity index (χ1v) is 8.14. The Morgan fingerprint density at radius 3 is 2.90 bits per heavy atom. The van der Waals surface area contributed by atoms with Crippen LogP contribution in [0.4, 0.5) is 0 Å². The Kier molecular flexibility index (Phi) is 2.39. The molecule has 0 amide bonds. The second-order valence-electron chi connectivity index (χ2n) is 6.95. The SMILES string of the molecule is O=c1c2c(nc3cc(C4CC4)[nH]n13)CN(CC1CC1)CC2. The van der Waals surface area contributed by atoms with E-state index in [1.54, 1.807) is 4.52 Å². The number of nitrogens with one attached hydrogen (secondary N) is 1. The van der Waals surface area contributed by atoms with Crippen molar-refractivity contribution >= 4 is 5.65 Å². The Labute approximate surface area is 123 Å². The normalized spacial score (nSPS) is 22.7. The van der Waals surface area contributed by atoms with Crippen LogP contribution in [0, 0.1) is 5.92 Å². The van der Waals surface area contributed by atoms with E-state index < -0.39 is 0 Å². The van der Waals surface area contributed by atoms with Gasteiger partial charge < -0.3 is 0 Å². The fourth-order valence-electron chi connectivity index (χ4n) is 3.49. The minimum atomic E-state index is 0.118. The van der Waals surface area contributed by atoms with Gasteiger partial charge in [-0.15, -0.1) is 0 Å². The molecule has 3 aliphatic rings. The van der Waals surface area contributed by atoms with Gasteiger partial charge in [0, 0.05) is 42.9 Å². The molecule has 0 atom stereocenters. The van der Waals surface area contributed by atoms with E-state index in [1.165, 1.54) is 37.9 Å². The molecule has 21 heavy (non-hydrogen) atoms. The molecule has 2 aromatic rings. The molecule has 0 unspecified atom stereocenters. The molecular weight excluding hydrogens is 264 g/mol. The highest BCUT2D eigenvalue weighted by molar-refractivity contribution is 5.43. The summed E-state index contributed by atoms with van der Waals surface area (Å²) in [6.07, 6.45) is 6.06. The first kappa shape index (κ1) is 12.0. The number of H-pyrrole nitrogens is 1. The third kappa shape index (κ3) is 2.02. The summed E-state index contributed by atoms with van der Waals surface area (Å²) in [6.45, 7) is 3.03. The van der Waals surface area contributed by atoms with Crippen LogP contribution in [0.25, 0.3) is 5.65 Å². The van der Waals surface area contributed by atoms with Gasteiger partial charge in [-0.3, -0.25) is 14.8 Å². The van der Waals surface area contributed by atoms with Crippen molar-refractivity contribution in [2.45, 2.75) is 44.6 Å². The maximum Gasteiger partial charge on any atom is 0.276 e. The smallest absolute Gasteiger partial charge is 0.276 e. The Morgan fingerprint density at radius 2 is 2.14 bits per heavy atom. The van der Waals surface area contributed by atoms with E-state index in [4.69, 9.17) is 4.98 Å². The van der Waals surface area contributed by atoms with Crippen molar-refractivity contribution < 1.29 is 0 Å². The van der Waals surface area contributed by atoms with Crippen molar-refractivity contribution in [1.29, 1.82) is 0 Å². The van der Waals surface area contributed by atoms with E-state index in [1.807, 2.05) is 0 Å². The zero-order valence-corrected chi connectivity index (χ0v) is 12.1. The number of hydrogen-bond acceptors (Lipinski definition) is 3. The first-order valence-electron chi connectivity index (χ1n) is 8.14. The second-order valence-corrected chi connectivity index (χ2v) is 6.95. The van der Waals surface area contributed by atoms with Crippen molar-refractivity contribution in [1.82, 2.24) is 19.5 Å². The Morgan fingerprint density at radius 1 is 1.29 bits per heavy atom. The average molecular weight is 284 g/mol. The number of aromatic nitrogens is 3. The molecule has 1 N–H and O–H groups in total. The summed E-state index contributed by atoms with van der Waals surface area (Å²) in [5.74, 6) is 1.51. The van der Waals surface area contributed by atoms with E-state index in [0.717, 1.165) is 42.3 Å². The molecule has 5 heteroatoms. The van der Waals surface area contributed by atoms with Gasteiger partial charge in [-0.1, -0.05) is 0 Å². The summed E-state index contributed by atoms with van der Waals surface area (Å²) >= 11 is 0. The largest absolute Gasteiger partial charge is 0.297 e. The summed E-state index contributed by atoms with van der Waals surface area (Å²) in [7, 11) is 0. The molecule has 3 heterocycles. The maximum atomic E-state index is 12.6. The van der Waals surface area contributed by atoms with Crippen LogP contribution in [-0.4, -0.2) is 32.6 Å². The van der Waals surface area contributed by atoms with E-state index in [9.17, 15) is 4.79 Å². The van der Waals surface area contributed by atoms with Crippen LogP contribution in [0.1, 0.15) is 48.6 Å². The third-order valence-corrected chi connectivity index (χ3v) is 5.10. The number of nitrogens with zero attached hydrogens (tertiary/aromatic N) is 3. The highest BCUT2D eigenvalue weighted by Gasteiger charge is 2.29. The van der Waals surface area contributed by atoms with E-state index >= 15 is 0 Å². The molecule has 2 aliphatic carbocycles. The van der Waals surface area contributed by atoms with Crippen molar-refractivity contribution in [2.24, 2.45) is 5.92 Å². The van der Waals surface area contributed by atoms with Crippen LogP contribution in [-0.2, 0) is 13.0 Å². The third-order valence-electron chi connectivity index (χ3n) is 5.10. The lowest BCUT2D eigenvalue weighted by molar-refractivity contribution is 0.239. The first-order chi connectivity index (χ1) is 10.3. The topological polar surface area (TPSA) is 53.4 Å². The van der Waals surface area contributed by atoms with Crippen LogP contribution in [0.15, 0.2) is 10.9 Å². The molecule has 0 radical (unpaired) electrons. The van der Waals surface area contributed by atoms with Crippen molar-refractivity contribution in [3.63, 3.8) is 0 Å². The molecule has 110 valence electrons. The van der Waals surface area contributed by atoms with Gasteiger partial charge in [0.15, 0.2) is 5.65 Å². The fraction of sp³-hybridized carbons (Fsp3) is 0.625. The van der Waals surface area contributed by atoms with Crippen molar-refractivity contribution in [2.75, 3.05) is 13.1 Å². The summed E-state index contributed by atoms with van der Waals surface area (Å²) in [6, 6.07) is 2.07. The van der Waals surface area contributed by atoms with Crippen molar-refractivity contribution in [3.05, 3.63) is 33.4 Å². The molecule has 0 saturated heterocycles. The van der Waals surface area contributed by atoms with Gasteiger partial charge in [-0.25, -0.2) is 9.50 Å². The van der Waals surface area contributed by atoms with Gasteiger partial charge in [-0.2, -0.15) is 0 Å². The summed E-state index contributed by atoms with van der Waals surface area (Å²) < 4.78 is 1.66. The summed E-state index contributed by atoms with van der Waals surface area (Å²) in [5.41, 5.74) is 4.02. The molecule has 5 rings (SSSR count). The Hall–Kier alpha value is -1.62. The van der Waals surface area contributed by atoms with Gasteiger partial charge in [0.25, 0.3) is 5.56 Å². The van der Waals surface area contributed by atoms with E-state index in [-0.39, 0.29) is 5.56 Å². The lowest BCUT2D eigenvalue weighted by atomic mass is 10.1. The molecule has 2 fully saturated rings. The van der Waals surface area contributed by atoms with Crippen LogP contribution in [0.2, 0.25) is 0 Å². The Bertz CT molecular complexity index is 766. The second kappa shape index (κ2) is 4.19. The number of aromatic amines is 1. The van der Waals surface area contributed by atoms with Crippen LogP contribution in [0.3, 0.4) is 0 Å². The van der Waals surface area contributed by atoms with Crippen LogP contribution in [0.5, 0.6) is 0 Å². The lowest BCUT2D eigenvalue weighted by Crippen LogP contribution is -2.37.